The molecule has 0 amide bonds. The quantitative estimate of drug-likeness (QED) is 0.855. The fraction of sp³-hybridized carbons (Fsp3) is 0.500. The summed E-state index contributed by atoms with van der Waals surface area (Å²) in [7, 11) is -3.44. The molecule has 2 rings (SSSR count). The lowest BCUT2D eigenvalue weighted by Crippen LogP contribution is -2.37. The number of sulfonamides is 1. The molecule has 19 heavy (non-hydrogen) atoms. The lowest BCUT2D eigenvalue weighted by Gasteiger charge is -2.13. The Morgan fingerprint density at radius 3 is 2.84 bits per heavy atom. The van der Waals surface area contributed by atoms with Crippen molar-refractivity contribution >= 4 is 38.4 Å². The minimum atomic E-state index is -3.44. The van der Waals surface area contributed by atoms with Crippen molar-refractivity contribution in [3.8, 4) is 0 Å². The van der Waals surface area contributed by atoms with Crippen LogP contribution < -0.4 is 10.0 Å². The summed E-state index contributed by atoms with van der Waals surface area (Å²) in [5.74, 6) is 0. The van der Waals surface area contributed by atoms with Gasteiger partial charge in [-0.1, -0.05) is 12.1 Å². The highest BCUT2D eigenvalue weighted by Gasteiger charge is 2.21. The molecular weight excluding hydrogens is 352 g/mol. The molecule has 1 aliphatic heterocycles. The van der Waals surface area contributed by atoms with Crippen LogP contribution in [0.2, 0.25) is 0 Å². The molecule has 1 atom stereocenters. The molecule has 1 aromatic carbocycles. The molecule has 4 nitrogen and oxygen atoms in total. The van der Waals surface area contributed by atoms with Gasteiger partial charge in [0.25, 0.3) is 0 Å². The highest BCUT2D eigenvalue weighted by molar-refractivity contribution is 9.10. The van der Waals surface area contributed by atoms with E-state index in [0.717, 1.165) is 24.9 Å². The maximum Gasteiger partial charge on any atom is 0.241 e. The van der Waals surface area contributed by atoms with Crippen molar-refractivity contribution in [3.05, 3.63) is 28.2 Å². The highest BCUT2D eigenvalue weighted by atomic mass is 79.9. The fourth-order valence-electron chi connectivity index (χ4n) is 2.05. The Balaban J connectivity index is 0.00000180. The molecule has 1 aromatic rings. The minimum Gasteiger partial charge on any atom is -0.313 e. The van der Waals surface area contributed by atoms with Gasteiger partial charge in [0.1, 0.15) is 0 Å². The summed E-state index contributed by atoms with van der Waals surface area (Å²) in [5, 5.41) is 3.27. The number of rotatable bonds is 4. The van der Waals surface area contributed by atoms with Crippen molar-refractivity contribution in [1.82, 2.24) is 10.0 Å². The predicted molar refractivity (Wildman–Crippen MR) is 82.3 cm³/mol. The normalized spacial score (nSPS) is 19.2. The number of halogens is 2. The second kappa shape index (κ2) is 7.04. The largest absolute Gasteiger partial charge is 0.313 e. The smallest absolute Gasteiger partial charge is 0.241 e. The zero-order valence-electron chi connectivity index (χ0n) is 10.6. The van der Waals surface area contributed by atoms with Gasteiger partial charge in [0.2, 0.25) is 10.0 Å². The van der Waals surface area contributed by atoms with Crippen molar-refractivity contribution in [2.24, 2.45) is 0 Å². The lowest BCUT2D eigenvalue weighted by atomic mass is 10.2. The second-order valence-electron chi connectivity index (χ2n) is 4.53. The maximum atomic E-state index is 12.2. The third kappa shape index (κ3) is 4.16. The Kier molecular flexibility index (Phi) is 6.26. The molecule has 1 fully saturated rings. The summed E-state index contributed by atoms with van der Waals surface area (Å²) in [6.07, 6.45) is 2.14. The molecule has 2 N–H and O–H groups in total. The summed E-state index contributed by atoms with van der Waals surface area (Å²) in [4.78, 5) is 0.306. The Labute approximate surface area is 128 Å². The SMILES string of the molecule is Cc1cccc(S(=O)(=O)NCC2CCCN2)c1Br.Cl. The van der Waals surface area contributed by atoms with Gasteiger partial charge in [-0.2, -0.15) is 0 Å². The molecule has 0 radical (unpaired) electrons. The van der Waals surface area contributed by atoms with Crippen LogP contribution in [0.1, 0.15) is 18.4 Å². The topological polar surface area (TPSA) is 58.2 Å². The van der Waals surface area contributed by atoms with Gasteiger partial charge in [0.05, 0.1) is 4.90 Å². The van der Waals surface area contributed by atoms with Crippen molar-refractivity contribution in [2.75, 3.05) is 13.1 Å². The Bertz CT molecular complexity index is 531. The molecule has 0 aromatic heterocycles. The summed E-state index contributed by atoms with van der Waals surface area (Å²) < 4.78 is 27.7. The van der Waals surface area contributed by atoms with E-state index in [4.69, 9.17) is 0 Å². The van der Waals surface area contributed by atoms with Crippen LogP contribution in [0.5, 0.6) is 0 Å². The van der Waals surface area contributed by atoms with Crippen molar-refractivity contribution in [3.63, 3.8) is 0 Å². The first-order valence-electron chi connectivity index (χ1n) is 5.99. The summed E-state index contributed by atoms with van der Waals surface area (Å²) in [6.45, 7) is 3.30. The van der Waals surface area contributed by atoms with Crippen LogP contribution in [0.3, 0.4) is 0 Å². The first-order chi connectivity index (χ1) is 8.50. The van der Waals surface area contributed by atoms with E-state index in [0.29, 0.717) is 15.9 Å². The summed E-state index contributed by atoms with van der Waals surface area (Å²) in [5.41, 5.74) is 0.914. The van der Waals surface area contributed by atoms with Gasteiger partial charge in [-0.15, -0.1) is 12.4 Å². The van der Waals surface area contributed by atoms with Crippen LogP contribution in [-0.4, -0.2) is 27.5 Å². The number of hydrogen-bond acceptors (Lipinski definition) is 3. The van der Waals surface area contributed by atoms with Crippen molar-refractivity contribution in [1.29, 1.82) is 0 Å². The molecule has 7 heteroatoms. The number of hydrogen-bond donors (Lipinski definition) is 2. The van der Waals surface area contributed by atoms with Crippen LogP contribution in [-0.2, 0) is 10.0 Å². The van der Waals surface area contributed by atoms with E-state index in [9.17, 15) is 8.42 Å². The monoisotopic (exact) mass is 368 g/mol. The minimum absolute atomic E-state index is 0. The average molecular weight is 370 g/mol. The third-order valence-corrected chi connectivity index (χ3v) is 5.91. The van der Waals surface area contributed by atoms with Crippen molar-refractivity contribution in [2.45, 2.75) is 30.7 Å². The zero-order valence-corrected chi connectivity index (χ0v) is 13.9. The van der Waals surface area contributed by atoms with Crippen LogP contribution in [0.15, 0.2) is 27.6 Å². The first-order valence-corrected chi connectivity index (χ1v) is 8.26. The van der Waals surface area contributed by atoms with Gasteiger partial charge in [0.15, 0.2) is 0 Å². The van der Waals surface area contributed by atoms with Crippen molar-refractivity contribution < 1.29 is 8.42 Å². The van der Waals surface area contributed by atoms with Gasteiger partial charge >= 0.3 is 0 Å². The molecule has 1 unspecified atom stereocenters. The maximum absolute atomic E-state index is 12.2. The summed E-state index contributed by atoms with van der Waals surface area (Å²) >= 11 is 3.33. The Morgan fingerprint density at radius 2 is 2.21 bits per heavy atom. The zero-order chi connectivity index (χ0) is 13.2. The number of aryl methyl sites for hydroxylation is 1. The highest BCUT2D eigenvalue weighted by Crippen LogP contribution is 2.25. The van der Waals surface area contributed by atoms with E-state index in [1.165, 1.54) is 0 Å². The fourth-order valence-corrected chi connectivity index (χ4v) is 4.18. The predicted octanol–water partition coefficient (Wildman–Crippen LogP) is 2.21. The van der Waals surface area contributed by atoms with Crippen LogP contribution in [0, 0.1) is 6.92 Å². The Hall–Kier alpha value is -0.140. The lowest BCUT2D eigenvalue weighted by molar-refractivity contribution is 0.551. The van der Waals surface area contributed by atoms with E-state index < -0.39 is 10.0 Å². The van der Waals surface area contributed by atoms with Crippen LogP contribution >= 0.6 is 28.3 Å². The number of benzene rings is 1. The molecule has 1 heterocycles. The van der Waals surface area contributed by atoms with Gasteiger partial charge in [-0.3, -0.25) is 0 Å². The molecular formula is C12H18BrClN2O2S. The molecule has 0 spiro atoms. The van der Waals surface area contributed by atoms with Crippen LogP contribution in [0.25, 0.3) is 0 Å². The van der Waals surface area contributed by atoms with Crippen LogP contribution in [0.4, 0.5) is 0 Å². The molecule has 0 bridgehead atoms. The molecule has 0 saturated carbocycles. The van der Waals surface area contributed by atoms with Gasteiger partial charge in [-0.05, 0) is 53.9 Å². The molecule has 0 aliphatic carbocycles. The third-order valence-electron chi connectivity index (χ3n) is 3.13. The van der Waals surface area contributed by atoms with E-state index in [1.54, 1.807) is 12.1 Å². The van der Waals surface area contributed by atoms with E-state index in [2.05, 4.69) is 26.0 Å². The Morgan fingerprint density at radius 1 is 1.47 bits per heavy atom. The number of nitrogens with one attached hydrogen (secondary N) is 2. The van der Waals surface area contributed by atoms with Gasteiger partial charge in [-0.25, -0.2) is 13.1 Å². The molecule has 1 aliphatic rings. The van der Waals surface area contributed by atoms with Gasteiger partial charge < -0.3 is 5.32 Å². The van der Waals surface area contributed by atoms with Gasteiger partial charge in [0, 0.05) is 17.1 Å². The average Bonchev–Trinajstić information content (AvgIpc) is 2.83. The van der Waals surface area contributed by atoms with E-state index >= 15 is 0 Å². The first kappa shape index (κ1) is 16.9. The standard InChI is InChI=1S/C12H17BrN2O2S.ClH/c1-9-4-2-6-11(12(9)13)18(16,17)15-8-10-5-3-7-14-10;/h2,4,6,10,14-15H,3,5,7-8H2,1H3;1H. The molecule has 108 valence electrons. The second-order valence-corrected chi connectivity index (χ2v) is 7.06. The summed E-state index contributed by atoms with van der Waals surface area (Å²) in [6, 6.07) is 5.49. The molecule has 1 saturated heterocycles. The van der Waals surface area contributed by atoms with E-state index in [1.807, 2.05) is 13.0 Å². The van der Waals surface area contributed by atoms with E-state index in [-0.39, 0.29) is 18.4 Å².